The van der Waals surface area contributed by atoms with Gasteiger partial charge in [-0.1, -0.05) is 0 Å². The minimum atomic E-state index is -1.50. The summed E-state index contributed by atoms with van der Waals surface area (Å²) >= 11 is -1.50. The molecule has 0 aromatic carbocycles. The summed E-state index contributed by atoms with van der Waals surface area (Å²) in [5, 5.41) is 0. The van der Waals surface area contributed by atoms with Crippen LogP contribution in [0.2, 0.25) is 3.43 Å². The van der Waals surface area contributed by atoms with Gasteiger partial charge in [-0.2, -0.15) is 0 Å². The van der Waals surface area contributed by atoms with Crippen LogP contribution in [-0.4, -0.2) is 19.2 Å². The molecule has 0 aromatic heterocycles. The van der Waals surface area contributed by atoms with Crippen molar-refractivity contribution in [3.8, 4) is 0 Å². The van der Waals surface area contributed by atoms with Gasteiger partial charge < -0.3 is 0 Å². The Morgan fingerprint density at radius 2 is 2.07 bits per heavy atom. The van der Waals surface area contributed by atoms with E-state index in [9.17, 15) is 4.79 Å². The van der Waals surface area contributed by atoms with Crippen molar-refractivity contribution < 1.29 is 37.2 Å². The summed E-state index contributed by atoms with van der Waals surface area (Å²) in [7, 11) is 1.79. The predicted molar refractivity (Wildman–Crippen MR) is 51.7 cm³/mol. The molecule has 1 saturated carbocycles. The van der Waals surface area contributed by atoms with Crippen LogP contribution >= 0.6 is 0 Å². The summed E-state index contributed by atoms with van der Waals surface area (Å²) < 4.78 is 11.5. The Bertz CT molecular complexity index is 277. The van der Waals surface area contributed by atoms with Crippen LogP contribution < -0.4 is 0 Å². The van der Waals surface area contributed by atoms with E-state index in [1.807, 2.05) is 0 Å². The molecule has 0 heterocycles. The van der Waals surface area contributed by atoms with E-state index in [0.717, 1.165) is 6.42 Å². The summed E-state index contributed by atoms with van der Waals surface area (Å²) in [6.07, 6.45) is 7.29. The van der Waals surface area contributed by atoms with E-state index >= 15 is 0 Å². The van der Waals surface area contributed by atoms with Crippen LogP contribution in [0.5, 0.6) is 0 Å². The molecule has 4 atom stereocenters. The minimum absolute atomic E-state index is 0.0882. The van der Waals surface area contributed by atoms with Gasteiger partial charge in [0.05, 0.1) is 0 Å². The second-order valence-electron chi connectivity index (χ2n) is 4.52. The Morgan fingerprint density at radius 1 is 1.33 bits per heavy atom. The molecular weight excluding hydrogens is 381 g/mol. The molecule has 2 rings (SSSR count). The molecular formula is C11H16HgO3. The fraction of sp³-hybridized carbons (Fsp3) is 0.727. The molecule has 0 unspecified atom stereocenters. The zero-order valence-electron chi connectivity index (χ0n) is 9.31. The molecule has 80 valence electrons. The average molecular weight is 397 g/mol. The number of rotatable bonds is 3. The third kappa shape index (κ3) is 2.62. The molecule has 0 aromatic rings. The predicted octanol–water partition coefficient (Wildman–Crippen LogP) is 1.95. The van der Waals surface area contributed by atoms with Gasteiger partial charge in [0, 0.05) is 0 Å². The first kappa shape index (κ1) is 11.6. The van der Waals surface area contributed by atoms with Crippen LogP contribution in [0.4, 0.5) is 0 Å². The molecule has 0 aliphatic heterocycles. The van der Waals surface area contributed by atoms with Gasteiger partial charge in [0.2, 0.25) is 0 Å². The first-order chi connectivity index (χ1) is 7.20. The van der Waals surface area contributed by atoms with Gasteiger partial charge in [-0.3, -0.25) is 0 Å². The summed E-state index contributed by atoms with van der Waals surface area (Å²) in [4.78, 5) is 10.8. The summed E-state index contributed by atoms with van der Waals surface area (Å²) in [6.45, 7) is 1.52. The summed E-state index contributed by atoms with van der Waals surface area (Å²) in [5.74, 6) is 1.21. The zero-order chi connectivity index (χ0) is 10.8. The number of hydrogen-bond donors (Lipinski definition) is 0. The Hall–Kier alpha value is 0.105. The number of allylic oxidation sites excluding steroid dienone is 1. The quantitative estimate of drug-likeness (QED) is 0.540. The van der Waals surface area contributed by atoms with E-state index in [1.165, 1.54) is 13.3 Å². The second-order valence-corrected chi connectivity index (χ2v) is 11.0. The molecule has 2 bridgehead atoms. The van der Waals surface area contributed by atoms with Gasteiger partial charge >= 0.3 is 104 Å². The topological polar surface area (TPSA) is 35.5 Å². The van der Waals surface area contributed by atoms with Gasteiger partial charge in [0.15, 0.2) is 0 Å². The Kier molecular flexibility index (Phi) is 3.83. The van der Waals surface area contributed by atoms with Crippen LogP contribution in [0.25, 0.3) is 0 Å². The first-order valence-corrected chi connectivity index (χ1v) is 11.0. The average Bonchev–Trinajstić information content (AvgIpc) is 2.62. The molecule has 0 saturated heterocycles. The van der Waals surface area contributed by atoms with Crippen LogP contribution in [0.1, 0.15) is 19.8 Å². The van der Waals surface area contributed by atoms with E-state index in [2.05, 4.69) is 12.2 Å². The molecule has 4 heteroatoms. The maximum absolute atomic E-state index is 10.8. The van der Waals surface area contributed by atoms with Crippen LogP contribution in [0.3, 0.4) is 0 Å². The molecule has 3 nitrogen and oxygen atoms in total. The summed E-state index contributed by atoms with van der Waals surface area (Å²) in [5.41, 5.74) is 0. The van der Waals surface area contributed by atoms with Crippen molar-refractivity contribution in [3.63, 3.8) is 0 Å². The van der Waals surface area contributed by atoms with E-state index in [4.69, 9.17) is 7.38 Å². The number of hydrogen-bond acceptors (Lipinski definition) is 3. The number of ether oxygens (including phenoxy) is 1. The number of methoxy groups -OCH3 is 1. The molecule has 0 radical (unpaired) electrons. The first-order valence-electron chi connectivity index (χ1n) is 5.55. The standard InChI is InChI=1S/C9H13O.C2H4O2.Hg/c1-10-9-5-3-7-2-4-8(9)6-7;1-2(3)4;/h2-4,7-9H,5-6H2,1H3;1H3,(H,3,4);/q;;+1/p-1/t7-,8-,9+;;/m0../s1. The van der Waals surface area contributed by atoms with Crippen molar-refractivity contribution in [2.75, 3.05) is 7.11 Å². The van der Waals surface area contributed by atoms with E-state index in [-0.39, 0.29) is 5.97 Å². The van der Waals surface area contributed by atoms with Crippen molar-refractivity contribution in [1.82, 2.24) is 0 Å². The fourth-order valence-electron chi connectivity index (χ4n) is 2.72. The maximum atomic E-state index is 10.8. The van der Waals surface area contributed by atoms with E-state index in [1.54, 1.807) is 7.11 Å². The summed E-state index contributed by atoms with van der Waals surface area (Å²) in [6, 6.07) is 0. The third-order valence-electron chi connectivity index (χ3n) is 3.57. The van der Waals surface area contributed by atoms with Crippen molar-refractivity contribution in [2.24, 2.45) is 11.8 Å². The fourth-order valence-corrected chi connectivity index (χ4v) is 8.59. The van der Waals surface area contributed by atoms with Crippen molar-refractivity contribution in [1.29, 1.82) is 0 Å². The Labute approximate surface area is 103 Å². The van der Waals surface area contributed by atoms with Gasteiger partial charge in [-0.05, 0) is 0 Å². The van der Waals surface area contributed by atoms with E-state index < -0.39 is 25.0 Å². The van der Waals surface area contributed by atoms with Gasteiger partial charge in [-0.15, -0.1) is 0 Å². The molecule has 1 fully saturated rings. The van der Waals surface area contributed by atoms with Crippen molar-refractivity contribution >= 4 is 5.97 Å². The van der Waals surface area contributed by atoms with Crippen LogP contribution in [0, 0.1) is 11.8 Å². The third-order valence-corrected chi connectivity index (χ3v) is 11.1. The molecule has 0 N–H and O–H groups in total. The second kappa shape index (κ2) is 4.96. The molecule has 15 heavy (non-hydrogen) atoms. The van der Waals surface area contributed by atoms with Crippen LogP contribution in [-0.2, 0) is 37.2 Å². The molecule has 0 amide bonds. The number of carbonyl (C=O) groups is 1. The van der Waals surface area contributed by atoms with E-state index in [0.29, 0.717) is 21.4 Å². The van der Waals surface area contributed by atoms with Gasteiger partial charge in [0.25, 0.3) is 0 Å². The Morgan fingerprint density at radius 3 is 2.73 bits per heavy atom. The number of fused-ring (bicyclic) bond motifs is 2. The monoisotopic (exact) mass is 398 g/mol. The van der Waals surface area contributed by atoms with Crippen LogP contribution in [0.15, 0.2) is 12.2 Å². The van der Waals surface area contributed by atoms with Gasteiger partial charge in [-0.25, -0.2) is 0 Å². The molecule has 2 aliphatic rings. The van der Waals surface area contributed by atoms with Crippen molar-refractivity contribution in [3.05, 3.63) is 12.2 Å². The zero-order valence-corrected chi connectivity index (χ0v) is 14.8. The number of carbonyl (C=O) groups excluding carboxylic acids is 1. The van der Waals surface area contributed by atoms with Gasteiger partial charge in [0.1, 0.15) is 0 Å². The molecule has 0 spiro atoms. The Balaban J connectivity index is 1.94. The van der Waals surface area contributed by atoms with Crippen molar-refractivity contribution in [2.45, 2.75) is 29.3 Å². The normalized spacial score (nSPS) is 37.5. The SMILES string of the molecule is CO[C@@H]1C[C@H]([Hg][O]C(C)=O)[C@@H]2C=C[C@H]1C2. The molecule has 2 aliphatic carbocycles.